The molecular weight excluding hydrogens is 602 g/mol. The number of nitrogens with one attached hydrogen (secondary N) is 1. The number of rotatable bonds is 9. The molecule has 4 bridgehead atoms. The molecule has 13 heteroatoms. The van der Waals surface area contributed by atoms with Crippen LogP contribution < -0.4 is 0 Å². The van der Waals surface area contributed by atoms with Crippen LogP contribution in [0.3, 0.4) is 0 Å². The first-order valence-corrected chi connectivity index (χ1v) is 15.8. The van der Waals surface area contributed by atoms with Crippen LogP contribution in [0.1, 0.15) is 44.6 Å². The molecule has 2 fully saturated rings. The van der Waals surface area contributed by atoms with Gasteiger partial charge in [-0.25, -0.2) is 14.4 Å². The number of hydrogen-bond acceptors (Lipinski definition) is 12. The van der Waals surface area contributed by atoms with E-state index in [0.717, 1.165) is 5.57 Å². The number of aromatic nitrogens is 1. The van der Waals surface area contributed by atoms with Gasteiger partial charge in [0.1, 0.15) is 42.3 Å². The summed E-state index contributed by atoms with van der Waals surface area (Å²) >= 11 is 0. The minimum atomic E-state index is -1.05. The van der Waals surface area contributed by atoms with E-state index in [-0.39, 0.29) is 38.1 Å². The third kappa shape index (κ3) is 6.11. The molecule has 2 aliphatic heterocycles. The molecule has 1 spiro atoms. The molecule has 4 N–H and O–H groups in total. The molecule has 4 aliphatic rings. The Morgan fingerprint density at radius 2 is 1.93 bits per heavy atom. The van der Waals surface area contributed by atoms with E-state index in [0.29, 0.717) is 5.69 Å². The molecule has 0 amide bonds. The predicted molar refractivity (Wildman–Crippen MR) is 160 cm³/mol. The minimum absolute atomic E-state index is 0.184. The lowest BCUT2D eigenvalue weighted by Crippen LogP contribution is -2.57. The van der Waals surface area contributed by atoms with E-state index in [1.807, 2.05) is 39.0 Å². The van der Waals surface area contributed by atoms with Gasteiger partial charge < -0.3 is 48.7 Å². The molecule has 0 radical (unpaired) electrons. The Bertz CT molecular complexity index is 1310. The Hall–Kier alpha value is -3.23. The van der Waals surface area contributed by atoms with Gasteiger partial charge >= 0.3 is 18.1 Å². The molecule has 254 valence electrons. The van der Waals surface area contributed by atoms with Gasteiger partial charge in [-0.2, -0.15) is 0 Å². The molecule has 3 heterocycles. The number of carbonyl (C=O) groups is 3. The van der Waals surface area contributed by atoms with Gasteiger partial charge in [-0.1, -0.05) is 32.1 Å². The molecule has 5 rings (SSSR count). The molecule has 12 atom stereocenters. The number of H-pyrrole nitrogens is 1. The molecular formula is C33H45NO12. The molecule has 1 saturated carbocycles. The van der Waals surface area contributed by atoms with E-state index in [1.54, 1.807) is 25.3 Å². The third-order valence-electron chi connectivity index (χ3n) is 10.2. The largest absolute Gasteiger partial charge is 0.508 e. The van der Waals surface area contributed by atoms with Crippen LogP contribution in [0.2, 0.25) is 0 Å². The van der Waals surface area contributed by atoms with Crippen molar-refractivity contribution in [3.8, 4) is 0 Å². The number of aliphatic hydroxyl groups excluding tert-OH is 3. The highest BCUT2D eigenvalue weighted by atomic mass is 16.7. The van der Waals surface area contributed by atoms with Gasteiger partial charge in [0.2, 0.25) is 0 Å². The molecule has 1 saturated heterocycles. The van der Waals surface area contributed by atoms with Crippen molar-refractivity contribution < 1.29 is 58.1 Å². The van der Waals surface area contributed by atoms with Crippen molar-refractivity contribution in [1.82, 2.24) is 4.98 Å². The first-order chi connectivity index (χ1) is 22.0. The maximum atomic E-state index is 13.5. The van der Waals surface area contributed by atoms with Gasteiger partial charge in [0.15, 0.2) is 6.10 Å². The van der Waals surface area contributed by atoms with Crippen molar-refractivity contribution in [1.29, 1.82) is 0 Å². The summed E-state index contributed by atoms with van der Waals surface area (Å²) in [5.41, 5.74) is 0.0515. The molecule has 2 aliphatic carbocycles. The van der Waals surface area contributed by atoms with E-state index in [4.69, 9.17) is 28.4 Å². The number of aromatic amines is 1. The Balaban J connectivity index is 1.46. The van der Waals surface area contributed by atoms with Gasteiger partial charge in [-0.05, 0) is 38.0 Å². The Morgan fingerprint density at radius 1 is 1.20 bits per heavy atom. The average Bonchev–Trinajstić information content (AvgIpc) is 3.64. The highest BCUT2D eigenvalue weighted by molar-refractivity contribution is 5.87. The van der Waals surface area contributed by atoms with Crippen LogP contribution in [0.25, 0.3) is 0 Å². The topological polar surface area (TPSA) is 183 Å². The summed E-state index contributed by atoms with van der Waals surface area (Å²) in [6.45, 7) is 6.19. The maximum Gasteiger partial charge on any atom is 0.508 e. The van der Waals surface area contributed by atoms with E-state index in [9.17, 15) is 29.7 Å². The van der Waals surface area contributed by atoms with Gasteiger partial charge in [-0.15, -0.1) is 0 Å². The predicted octanol–water partition coefficient (Wildman–Crippen LogP) is 2.16. The molecule has 13 nitrogen and oxygen atoms in total. The number of esters is 2. The maximum absolute atomic E-state index is 13.5. The van der Waals surface area contributed by atoms with Crippen molar-refractivity contribution in [3.63, 3.8) is 0 Å². The summed E-state index contributed by atoms with van der Waals surface area (Å²) in [7, 11) is 1.41. The van der Waals surface area contributed by atoms with Crippen molar-refractivity contribution in [2.45, 2.75) is 76.3 Å². The van der Waals surface area contributed by atoms with E-state index >= 15 is 0 Å². The summed E-state index contributed by atoms with van der Waals surface area (Å²) in [4.78, 5) is 41.9. The number of cyclic esters (lactones) is 1. The second-order valence-electron chi connectivity index (χ2n) is 13.0. The summed E-state index contributed by atoms with van der Waals surface area (Å²) < 4.78 is 35.0. The van der Waals surface area contributed by atoms with Gasteiger partial charge in [-0.3, -0.25) is 0 Å². The van der Waals surface area contributed by atoms with Crippen LogP contribution in [-0.2, 0) is 33.2 Å². The first kappa shape index (κ1) is 34.1. The van der Waals surface area contributed by atoms with Gasteiger partial charge in [0, 0.05) is 48.8 Å². The zero-order valence-corrected chi connectivity index (χ0v) is 26.7. The monoisotopic (exact) mass is 647 g/mol. The summed E-state index contributed by atoms with van der Waals surface area (Å²) in [6.07, 6.45) is 1.63. The molecule has 1 aromatic heterocycles. The van der Waals surface area contributed by atoms with E-state index in [1.165, 1.54) is 7.11 Å². The van der Waals surface area contributed by atoms with Crippen molar-refractivity contribution in [3.05, 3.63) is 47.8 Å². The average molecular weight is 648 g/mol. The van der Waals surface area contributed by atoms with Gasteiger partial charge in [0.25, 0.3) is 0 Å². The highest BCUT2D eigenvalue weighted by Crippen LogP contribution is 2.61. The van der Waals surface area contributed by atoms with Crippen molar-refractivity contribution in [2.75, 3.05) is 26.9 Å². The lowest BCUT2D eigenvalue weighted by atomic mass is 9.57. The molecule has 0 unspecified atom stereocenters. The van der Waals surface area contributed by atoms with Crippen molar-refractivity contribution in [2.24, 2.45) is 35.5 Å². The summed E-state index contributed by atoms with van der Waals surface area (Å²) in [5.74, 6) is -3.81. The molecule has 0 aromatic carbocycles. The second-order valence-corrected chi connectivity index (χ2v) is 13.0. The SMILES string of the molecule is CO[C@H]1C[C@H]2C=C[C@H]3[C@H]4O[C@]2(/C(C)=C/[C@@H](C)[C@@H]([C@@H](C)OC(=O)OCC(CO)CO)OC1=O)[C@@H]3[C@H](O)[C@@H](C)[C@H]4OC(=O)c1ccc[nH]1. The normalized spacial score (nSPS) is 38.6. The lowest BCUT2D eigenvalue weighted by molar-refractivity contribution is -0.173. The highest BCUT2D eigenvalue weighted by Gasteiger charge is 2.69. The van der Waals surface area contributed by atoms with Gasteiger partial charge in [0.05, 0.1) is 19.3 Å². The molecule has 46 heavy (non-hydrogen) atoms. The van der Waals surface area contributed by atoms with Crippen LogP contribution in [0.4, 0.5) is 4.79 Å². The van der Waals surface area contributed by atoms with Crippen LogP contribution >= 0.6 is 0 Å². The van der Waals surface area contributed by atoms with E-state index < -0.39 is 84.0 Å². The first-order valence-electron chi connectivity index (χ1n) is 15.8. The standard InChI is InChI=1S/C33H45NO12/c1-16-11-17(2)33-21(12-24(41-5)31(39)44-27(16)19(4)43-32(40)42-15-20(13-35)14-36)8-9-22-25(33)26(37)18(3)28(29(22)46-33)45-30(38)23-7-6-10-34-23/h6-11,16,18-22,24-29,34-37H,12-15H2,1-5H3/b17-11+/t16-,18-,19-,21-,22-,24+,25+,26-,27+,28-,29-,33+/m1/s1. The fourth-order valence-electron chi connectivity index (χ4n) is 7.73. The third-order valence-corrected chi connectivity index (χ3v) is 10.2. The van der Waals surface area contributed by atoms with Crippen LogP contribution in [0.5, 0.6) is 0 Å². The number of ether oxygens (including phenoxy) is 6. The van der Waals surface area contributed by atoms with Crippen LogP contribution in [0, 0.1) is 35.5 Å². The summed E-state index contributed by atoms with van der Waals surface area (Å²) in [6, 6.07) is 3.33. The number of hydrogen-bond donors (Lipinski definition) is 4. The van der Waals surface area contributed by atoms with Crippen molar-refractivity contribution >= 4 is 18.1 Å². The fraction of sp³-hybridized carbons (Fsp3) is 0.667. The second kappa shape index (κ2) is 13.9. The summed E-state index contributed by atoms with van der Waals surface area (Å²) in [5, 5.41) is 30.4. The Morgan fingerprint density at radius 3 is 2.59 bits per heavy atom. The zero-order valence-electron chi connectivity index (χ0n) is 26.7. The van der Waals surface area contributed by atoms with Crippen LogP contribution in [-0.4, -0.2) is 108 Å². The number of methoxy groups -OCH3 is 1. The Kier molecular flexibility index (Phi) is 10.3. The molecule has 1 aromatic rings. The number of aliphatic hydroxyl groups is 3. The van der Waals surface area contributed by atoms with E-state index in [2.05, 4.69) is 4.98 Å². The Labute approximate surface area is 267 Å². The van der Waals surface area contributed by atoms with Crippen LogP contribution in [0.15, 0.2) is 42.1 Å². The fourth-order valence-corrected chi connectivity index (χ4v) is 7.73. The lowest BCUT2D eigenvalue weighted by Gasteiger charge is -2.48. The smallest absolute Gasteiger partial charge is 0.456 e. The quantitative estimate of drug-likeness (QED) is 0.174. The number of carbonyl (C=O) groups excluding carboxylic acids is 3. The minimum Gasteiger partial charge on any atom is -0.456 e. The zero-order chi connectivity index (χ0) is 33.3.